The fourth-order valence-corrected chi connectivity index (χ4v) is 0.0680. The Morgan fingerprint density at radius 2 is 2.40 bits per heavy atom. The molecule has 0 aliphatic rings. The predicted octanol–water partition coefficient (Wildman–Crippen LogP) is -0.0221. The molecule has 0 rings (SSSR count). The summed E-state index contributed by atoms with van der Waals surface area (Å²) in [7, 11) is 0. The van der Waals surface area contributed by atoms with E-state index >= 15 is 0 Å². The molecule has 0 aromatic carbocycles. The largest absolute Gasteiger partial charge is 0.305 e. The highest BCUT2D eigenvalue weighted by atomic mass is 16.6. The SMILES string of the molecule is [CH]CCON. The van der Waals surface area contributed by atoms with E-state index in [4.69, 9.17) is 6.92 Å². The molecule has 2 radical (unpaired) electrons. The van der Waals surface area contributed by atoms with Crippen LogP contribution in [0.2, 0.25) is 0 Å². The maximum Gasteiger partial charge on any atom is 0.0682 e. The topological polar surface area (TPSA) is 35.2 Å². The molecule has 0 amide bonds. The minimum absolute atomic E-state index is 0.444. The molecule has 0 fully saturated rings. The second-order valence-corrected chi connectivity index (χ2v) is 0.659. The summed E-state index contributed by atoms with van der Waals surface area (Å²) in [4.78, 5) is 4.07. The van der Waals surface area contributed by atoms with Crippen molar-refractivity contribution >= 4 is 0 Å². The Bertz CT molecular complexity index is 14.4. The highest BCUT2D eigenvalue weighted by Crippen LogP contribution is 1.66. The van der Waals surface area contributed by atoms with Crippen LogP contribution < -0.4 is 5.90 Å². The smallest absolute Gasteiger partial charge is 0.0682 e. The summed E-state index contributed by atoms with van der Waals surface area (Å²) >= 11 is 0. The van der Waals surface area contributed by atoms with Gasteiger partial charge in [-0.15, -0.1) is 0 Å². The Morgan fingerprint density at radius 1 is 1.80 bits per heavy atom. The average Bonchev–Trinajstić information content (AvgIpc) is 1.41. The molecule has 0 atom stereocenters. The summed E-state index contributed by atoms with van der Waals surface area (Å²) in [6.45, 7) is 5.38. The Kier molecular flexibility index (Phi) is 3.86. The van der Waals surface area contributed by atoms with Crippen molar-refractivity contribution in [1.82, 2.24) is 0 Å². The first-order valence-electron chi connectivity index (χ1n) is 1.43. The van der Waals surface area contributed by atoms with Crippen LogP contribution in [0.15, 0.2) is 0 Å². The molecular weight excluding hydrogens is 66.0 g/mol. The fraction of sp³-hybridized carbons (Fsp3) is 0.667. The zero-order chi connectivity index (χ0) is 4.12. The number of hydrogen-bond acceptors (Lipinski definition) is 2. The zero-order valence-corrected chi connectivity index (χ0v) is 2.98. The molecule has 0 heterocycles. The van der Waals surface area contributed by atoms with Crippen molar-refractivity contribution < 1.29 is 4.84 Å². The van der Waals surface area contributed by atoms with Crippen LogP contribution in [0.5, 0.6) is 0 Å². The summed E-state index contributed by atoms with van der Waals surface area (Å²) in [5.74, 6) is 4.56. The summed E-state index contributed by atoms with van der Waals surface area (Å²) < 4.78 is 0. The van der Waals surface area contributed by atoms with Crippen molar-refractivity contribution in [3.8, 4) is 0 Å². The van der Waals surface area contributed by atoms with Crippen molar-refractivity contribution in [3.05, 3.63) is 6.92 Å². The Morgan fingerprint density at radius 3 is 2.40 bits per heavy atom. The van der Waals surface area contributed by atoms with Gasteiger partial charge in [-0.2, -0.15) is 0 Å². The van der Waals surface area contributed by atoms with Crippen LogP contribution in [-0.4, -0.2) is 6.61 Å². The number of hydrogen-bond donors (Lipinski definition) is 1. The molecule has 2 heteroatoms. The minimum Gasteiger partial charge on any atom is -0.305 e. The van der Waals surface area contributed by atoms with Gasteiger partial charge in [0.15, 0.2) is 0 Å². The lowest BCUT2D eigenvalue weighted by molar-refractivity contribution is 0.142. The Hall–Kier alpha value is -0.0800. The van der Waals surface area contributed by atoms with Gasteiger partial charge in [-0.05, 0) is 13.3 Å². The van der Waals surface area contributed by atoms with Gasteiger partial charge in [0.2, 0.25) is 0 Å². The first-order valence-corrected chi connectivity index (χ1v) is 1.43. The highest BCUT2D eigenvalue weighted by Gasteiger charge is 1.67. The molecule has 2 N–H and O–H groups in total. The van der Waals surface area contributed by atoms with Crippen LogP contribution in [-0.2, 0) is 4.84 Å². The van der Waals surface area contributed by atoms with Crippen molar-refractivity contribution in [1.29, 1.82) is 0 Å². The number of rotatable bonds is 2. The van der Waals surface area contributed by atoms with E-state index in [2.05, 4.69) is 10.7 Å². The molecule has 5 heavy (non-hydrogen) atoms. The lowest BCUT2D eigenvalue weighted by Gasteiger charge is -1.83. The van der Waals surface area contributed by atoms with Gasteiger partial charge >= 0.3 is 0 Å². The standard InChI is InChI=1S/C3H7NO/c1-2-3-5-4/h1H,2-4H2. The lowest BCUT2D eigenvalue weighted by atomic mass is 10.5. The van der Waals surface area contributed by atoms with Crippen LogP contribution in [0.1, 0.15) is 6.42 Å². The molecule has 0 saturated heterocycles. The van der Waals surface area contributed by atoms with Gasteiger partial charge in [0.25, 0.3) is 0 Å². The van der Waals surface area contributed by atoms with Gasteiger partial charge in [0, 0.05) is 0 Å². The third-order valence-electron chi connectivity index (χ3n) is 0.236. The summed E-state index contributed by atoms with van der Waals surface area (Å²) in [6, 6.07) is 0. The van der Waals surface area contributed by atoms with Crippen molar-refractivity contribution in [3.63, 3.8) is 0 Å². The first kappa shape index (κ1) is 4.92. The molecule has 30 valence electrons. The van der Waals surface area contributed by atoms with E-state index in [1.54, 1.807) is 0 Å². The average molecular weight is 73.1 g/mol. The molecule has 0 aromatic rings. The third-order valence-corrected chi connectivity index (χ3v) is 0.236. The maximum absolute atomic E-state index is 4.93. The first-order chi connectivity index (χ1) is 2.41. The van der Waals surface area contributed by atoms with Crippen LogP contribution in [0.25, 0.3) is 0 Å². The summed E-state index contributed by atoms with van der Waals surface area (Å²) in [5.41, 5.74) is 0. The van der Waals surface area contributed by atoms with Gasteiger partial charge in [-0.25, -0.2) is 5.90 Å². The number of nitrogens with two attached hydrogens (primary N) is 1. The molecule has 0 saturated carbocycles. The zero-order valence-electron chi connectivity index (χ0n) is 2.98. The molecule has 0 aromatic heterocycles. The van der Waals surface area contributed by atoms with Crippen LogP contribution in [0.4, 0.5) is 0 Å². The minimum atomic E-state index is 0.444. The van der Waals surface area contributed by atoms with Crippen molar-refractivity contribution in [2.75, 3.05) is 6.61 Å². The second kappa shape index (κ2) is 3.92. The summed E-state index contributed by atoms with van der Waals surface area (Å²) in [5, 5.41) is 0. The molecular formula is C3H7NO. The summed E-state index contributed by atoms with van der Waals surface area (Å²) in [6.07, 6.45) is 0.497. The molecule has 0 bridgehead atoms. The second-order valence-electron chi connectivity index (χ2n) is 0.659. The molecule has 0 unspecified atom stereocenters. The Balaban J connectivity index is 2.19. The van der Waals surface area contributed by atoms with Gasteiger partial charge in [0.05, 0.1) is 6.61 Å². The lowest BCUT2D eigenvalue weighted by Crippen LogP contribution is -1.97. The van der Waals surface area contributed by atoms with Gasteiger partial charge < -0.3 is 4.84 Å². The fourth-order valence-electron chi connectivity index (χ4n) is 0.0680. The predicted molar refractivity (Wildman–Crippen MR) is 19.1 cm³/mol. The van der Waals surface area contributed by atoms with Crippen molar-refractivity contribution in [2.24, 2.45) is 5.90 Å². The van der Waals surface area contributed by atoms with E-state index < -0.39 is 0 Å². The van der Waals surface area contributed by atoms with Crippen LogP contribution in [0.3, 0.4) is 0 Å². The molecule has 0 aliphatic carbocycles. The monoisotopic (exact) mass is 73.1 g/mol. The van der Waals surface area contributed by atoms with E-state index in [0.29, 0.717) is 13.0 Å². The van der Waals surface area contributed by atoms with Crippen LogP contribution >= 0.6 is 0 Å². The Labute approximate surface area is 31.9 Å². The van der Waals surface area contributed by atoms with E-state index in [0.717, 1.165) is 0 Å². The van der Waals surface area contributed by atoms with E-state index in [9.17, 15) is 0 Å². The van der Waals surface area contributed by atoms with Crippen molar-refractivity contribution in [2.45, 2.75) is 6.42 Å². The van der Waals surface area contributed by atoms with Crippen LogP contribution in [0, 0.1) is 6.92 Å². The third kappa shape index (κ3) is 3.92. The normalized spacial score (nSPS) is 8.40. The van der Waals surface area contributed by atoms with Gasteiger partial charge in [0.1, 0.15) is 0 Å². The molecule has 0 spiro atoms. The molecule has 0 aliphatic heterocycles. The molecule has 2 nitrogen and oxygen atoms in total. The van der Waals surface area contributed by atoms with Gasteiger partial charge in [-0.3, -0.25) is 0 Å². The van der Waals surface area contributed by atoms with E-state index in [1.807, 2.05) is 0 Å². The quantitative estimate of drug-likeness (QED) is 0.466. The maximum atomic E-state index is 4.93. The van der Waals surface area contributed by atoms with E-state index in [-0.39, 0.29) is 0 Å². The van der Waals surface area contributed by atoms with E-state index in [1.165, 1.54) is 0 Å². The highest BCUT2D eigenvalue weighted by molar-refractivity contribution is 4.30. The van der Waals surface area contributed by atoms with Gasteiger partial charge in [-0.1, -0.05) is 0 Å².